The minimum atomic E-state index is 0.277. The van der Waals surface area contributed by atoms with Crippen LogP contribution in [0, 0.1) is 13.8 Å². The standard InChI is InChI=1S/C13H22N2/c1-10-5-6-13(9-11(10)2)15(4)8-7-12(3)14/h5-6,9,12H,7-8,14H2,1-4H3. The molecule has 0 radical (unpaired) electrons. The molecule has 0 aliphatic rings. The van der Waals surface area contributed by atoms with E-state index in [1.807, 2.05) is 6.92 Å². The summed E-state index contributed by atoms with van der Waals surface area (Å²) < 4.78 is 0. The average molecular weight is 206 g/mol. The van der Waals surface area contributed by atoms with Crippen LogP contribution < -0.4 is 10.6 Å². The molecule has 0 aromatic heterocycles. The van der Waals surface area contributed by atoms with E-state index < -0.39 is 0 Å². The lowest BCUT2D eigenvalue weighted by Crippen LogP contribution is -2.25. The SMILES string of the molecule is Cc1ccc(N(C)CCC(C)N)cc1C. The van der Waals surface area contributed by atoms with Crippen molar-refractivity contribution in [1.82, 2.24) is 0 Å². The van der Waals surface area contributed by atoms with E-state index >= 15 is 0 Å². The molecule has 2 N–H and O–H groups in total. The van der Waals surface area contributed by atoms with Gasteiger partial charge in [-0.05, 0) is 50.5 Å². The Kier molecular flexibility index (Phi) is 4.15. The first-order valence-electron chi connectivity index (χ1n) is 5.54. The van der Waals surface area contributed by atoms with E-state index in [1.54, 1.807) is 0 Å². The van der Waals surface area contributed by atoms with Crippen molar-refractivity contribution in [1.29, 1.82) is 0 Å². The smallest absolute Gasteiger partial charge is 0.0366 e. The van der Waals surface area contributed by atoms with Crippen LogP contribution in [0.3, 0.4) is 0 Å². The number of rotatable bonds is 4. The molecule has 0 fully saturated rings. The zero-order chi connectivity index (χ0) is 11.4. The molecule has 1 atom stereocenters. The van der Waals surface area contributed by atoms with Gasteiger partial charge >= 0.3 is 0 Å². The van der Waals surface area contributed by atoms with Gasteiger partial charge in [-0.15, -0.1) is 0 Å². The third kappa shape index (κ3) is 3.56. The molecule has 2 nitrogen and oxygen atoms in total. The molecule has 0 spiro atoms. The molecule has 84 valence electrons. The summed E-state index contributed by atoms with van der Waals surface area (Å²) in [6.07, 6.45) is 1.03. The third-order valence-electron chi connectivity index (χ3n) is 2.85. The Morgan fingerprint density at radius 1 is 1.27 bits per heavy atom. The maximum Gasteiger partial charge on any atom is 0.0366 e. The van der Waals surface area contributed by atoms with E-state index in [0.717, 1.165) is 13.0 Å². The van der Waals surface area contributed by atoms with Gasteiger partial charge < -0.3 is 10.6 Å². The number of nitrogens with zero attached hydrogens (tertiary/aromatic N) is 1. The van der Waals surface area contributed by atoms with Crippen LogP contribution in [-0.4, -0.2) is 19.6 Å². The third-order valence-corrected chi connectivity index (χ3v) is 2.85. The van der Waals surface area contributed by atoms with Crippen LogP contribution in [0.1, 0.15) is 24.5 Å². The molecule has 0 amide bonds. The van der Waals surface area contributed by atoms with Gasteiger partial charge in [0.1, 0.15) is 0 Å². The number of benzene rings is 1. The Labute approximate surface area is 93.1 Å². The number of anilines is 1. The fourth-order valence-electron chi connectivity index (χ4n) is 1.49. The maximum absolute atomic E-state index is 5.75. The molecule has 1 aromatic carbocycles. The Balaban J connectivity index is 2.65. The number of hydrogen-bond donors (Lipinski definition) is 1. The molecule has 0 aliphatic heterocycles. The summed E-state index contributed by atoms with van der Waals surface area (Å²) in [6, 6.07) is 6.85. The molecule has 1 rings (SSSR count). The highest BCUT2D eigenvalue weighted by Crippen LogP contribution is 2.17. The van der Waals surface area contributed by atoms with Crippen molar-refractivity contribution in [2.75, 3.05) is 18.5 Å². The van der Waals surface area contributed by atoms with E-state index in [1.165, 1.54) is 16.8 Å². The highest BCUT2D eigenvalue weighted by molar-refractivity contribution is 5.49. The summed E-state index contributed by atoms with van der Waals surface area (Å²) in [5.41, 5.74) is 9.72. The van der Waals surface area contributed by atoms with Crippen molar-refractivity contribution in [3.63, 3.8) is 0 Å². The Morgan fingerprint density at radius 2 is 1.93 bits per heavy atom. The van der Waals surface area contributed by atoms with Gasteiger partial charge in [-0.3, -0.25) is 0 Å². The quantitative estimate of drug-likeness (QED) is 0.820. The molecule has 0 saturated heterocycles. The Morgan fingerprint density at radius 3 is 2.47 bits per heavy atom. The van der Waals surface area contributed by atoms with Crippen LogP contribution in [0.25, 0.3) is 0 Å². The van der Waals surface area contributed by atoms with E-state index in [9.17, 15) is 0 Å². The topological polar surface area (TPSA) is 29.3 Å². The molecular weight excluding hydrogens is 184 g/mol. The first kappa shape index (κ1) is 12.1. The van der Waals surface area contributed by atoms with Gasteiger partial charge in [0.25, 0.3) is 0 Å². The summed E-state index contributed by atoms with van der Waals surface area (Å²) >= 11 is 0. The van der Waals surface area contributed by atoms with Gasteiger partial charge in [0, 0.05) is 25.3 Å². The first-order chi connectivity index (χ1) is 7.00. The first-order valence-corrected chi connectivity index (χ1v) is 5.54. The molecular formula is C13H22N2. The zero-order valence-corrected chi connectivity index (χ0v) is 10.2. The second-order valence-electron chi connectivity index (χ2n) is 4.46. The van der Waals surface area contributed by atoms with Gasteiger partial charge in [-0.1, -0.05) is 6.07 Å². The van der Waals surface area contributed by atoms with Gasteiger partial charge in [0.05, 0.1) is 0 Å². The molecule has 0 saturated carbocycles. The molecule has 0 heterocycles. The number of nitrogens with two attached hydrogens (primary N) is 1. The number of hydrogen-bond acceptors (Lipinski definition) is 2. The second-order valence-corrected chi connectivity index (χ2v) is 4.46. The minimum Gasteiger partial charge on any atom is -0.375 e. The molecule has 15 heavy (non-hydrogen) atoms. The molecule has 2 heteroatoms. The van der Waals surface area contributed by atoms with Crippen LogP contribution in [0.5, 0.6) is 0 Å². The lowest BCUT2D eigenvalue weighted by atomic mass is 10.1. The lowest BCUT2D eigenvalue weighted by molar-refractivity contribution is 0.659. The predicted octanol–water partition coefficient (Wildman–Crippen LogP) is 2.48. The summed E-state index contributed by atoms with van der Waals surface area (Å²) in [7, 11) is 2.12. The highest BCUT2D eigenvalue weighted by Gasteiger charge is 2.03. The second kappa shape index (κ2) is 5.17. The fraction of sp³-hybridized carbons (Fsp3) is 0.538. The fourth-order valence-corrected chi connectivity index (χ4v) is 1.49. The minimum absolute atomic E-state index is 0.277. The summed E-state index contributed by atoms with van der Waals surface area (Å²) in [4.78, 5) is 2.26. The van der Waals surface area contributed by atoms with Gasteiger partial charge in [0.15, 0.2) is 0 Å². The van der Waals surface area contributed by atoms with E-state index in [4.69, 9.17) is 5.73 Å². The van der Waals surface area contributed by atoms with Crippen LogP contribution in [0.4, 0.5) is 5.69 Å². The van der Waals surface area contributed by atoms with Gasteiger partial charge in [0.2, 0.25) is 0 Å². The largest absolute Gasteiger partial charge is 0.375 e. The lowest BCUT2D eigenvalue weighted by Gasteiger charge is -2.21. The van der Waals surface area contributed by atoms with Gasteiger partial charge in [-0.2, -0.15) is 0 Å². The van der Waals surface area contributed by atoms with Crippen molar-refractivity contribution in [2.24, 2.45) is 5.73 Å². The van der Waals surface area contributed by atoms with Crippen molar-refractivity contribution in [2.45, 2.75) is 33.2 Å². The van der Waals surface area contributed by atoms with Gasteiger partial charge in [-0.25, -0.2) is 0 Å². The Hall–Kier alpha value is -1.02. The highest BCUT2D eigenvalue weighted by atomic mass is 15.1. The van der Waals surface area contributed by atoms with Crippen molar-refractivity contribution < 1.29 is 0 Å². The molecule has 1 aromatic rings. The maximum atomic E-state index is 5.75. The summed E-state index contributed by atoms with van der Waals surface area (Å²) in [5.74, 6) is 0. The van der Waals surface area contributed by atoms with Crippen molar-refractivity contribution in [3.05, 3.63) is 29.3 Å². The molecule has 0 bridgehead atoms. The predicted molar refractivity (Wildman–Crippen MR) is 67.5 cm³/mol. The number of aryl methyl sites for hydroxylation is 2. The summed E-state index contributed by atoms with van der Waals surface area (Å²) in [5, 5.41) is 0. The van der Waals surface area contributed by atoms with Crippen molar-refractivity contribution in [3.8, 4) is 0 Å². The molecule has 1 unspecified atom stereocenters. The normalized spacial score (nSPS) is 12.6. The average Bonchev–Trinajstić information content (AvgIpc) is 2.18. The zero-order valence-electron chi connectivity index (χ0n) is 10.2. The van der Waals surface area contributed by atoms with E-state index in [-0.39, 0.29) is 6.04 Å². The van der Waals surface area contributed by atoms with Crippen molar-refractivity contribution >= 4 is 5.69 Å². The van der Waals surface area contributed by atoms with Crippen LogP contribution in [0.15, 0.2) is 18.2 Å². The molecule has 0 aliphatic carbocycles. The van der Waals surface area contributed by atoms with Crippen LogP contribution >= 0.6 is 0 Å². The summed E-state index contributed by atoms with van der Waals surface area (Å²) in [6.45, 7) is 7.35. The van der Waals surface area contributed by atoms with E-state index in [0.29, 0.717) is 0 Å². The monoisotopic (exact) mass is 206 g/mol. The van der Waals surface area contributed by atoms with Crippen LogP contribution in [0.2, 0.25) is 0 Å². The van der Waals surface area contributed by atoms with Crippen LogP contribution in [-0.2, 0) is 0 Å². The Bertz CT molecular complexity index is 318. The van der Waals surface area contributed by atoms with E-state index in [2.05, 4.69) is 44.0 Å².